The van der Waals surface area contributed by atoms with Crippen molar-refractivity contribution in [2.75, 3.05) is 18.0 Å². The van der Waals surface area contributed by atoms with E-state index in [1.165, 1.54) is 6.33 Å². The zero-order valence-corrected chi connectivity index (χ0v) is 13.2. The van der Waals surface area contributed by atoms with Crippen LogP contribution in [0, 0.1) is 11.6 Å². The van der Waals surface area contributed by atoms with Crippen LogP contribution < -0.4 is 14.4 Å². The van der Waals surface area contributed by atoms with Crippen molar-refractivity contribution in [1.29, 1.82) is 0 Å². The van der Waals surface area contributed by atoms with E-state index in [0.29, 0.717) is 24.6 Å². The van der Waals surface area contributed by atoms with E-state index in [-0.39, 0.29) is 11.5 Å². The molecule has 0 spiro atoms. The lowest BCUT2D eigenvalue weighted by atomic mass is 10.2. The zero-order valence-electron chi connectivity index (χ0n) is 13.2. The van der Waals surface area contributed by atoms with Crippen molar-refractivity contribution in [3.05, 3.63) is 36.3 Å². The van der Waals surface area contributed by atoms with Crippen LogP contribution >= 0.6 is 0 Å². The second-order valence-corrected chi connectivity index (χ2v) is 6.11. The summed E-state index contributed by atoms with van der Waals surface area (Å²) < 4.78 is 40.9. The topological polar surface area (TPSA) is 65.3 Å². The van der Waals surface area contributed by atoms with E-state index >= 15 is 0 Å². The quantitative estimate of drug-likeness (QED) is 0.668. The lowest BCUT2D eigenvalue weighted by molar-refractivity contribution is 0.0467. The third-order valence-electron chi connectivity index (χ3n) is 4.58. The number of rotatable bonds is 1. The van der Waals surface area contributed by atoms with Gasteiger partial charge in [-0.05, 0) is 12.1 Å². The number of halogens is 2. The fourth-order valence-corrected chi connectivity index (χ4v) is 3.38. The second-order valence-electron chi connectivity index (χ2n) is 6.11. The van der Waals surface area contributed by atoms with Gasteiger partial charge in [0.05, 0.1) is 24.7 Å². The Morgan fingerprint density at radius 1 is 1.04 bits per heavy atom. The van der Waals surface area contributed by atoms with Crippen LogP contribution in [0.25, 0.3) is 11.0 Å². The second kappa shape index (κ2) is 5.01. The molecule has 5 rings (SSSR count). The molecule has 0 saturated carbocycles. The summed E-state index contributed by atoms with van der Waals surface area (Å²) in [6.07, 6.45) is 2.34. The summed E-state index contributed by atoms with van der Waals surface area (Å²) in [5.74, 6) is -0.908. The fraction of sp³-hybridized carbons (Fsp3) is 0.312. The molecule has 1 aromatic carbocycles. The Labute approximate surface area is 140 Å². The number of fused-ring (bicyclic) bond motifs is 3. The van der Waals surface area contributed by atoms with Crippen LogP contribution in [0.4, 0.5) is 14.6 Å². The highest BCUT2D eigenvalue weighted by Crippen LogP contribution is 2.41. The minimum atomic E-state index is -0.634. The molecule has 0 N–H and O–H groups in total. The Balaban J connectivity index is 1.50. The highest BCUT2D eigenvalue weighted by molar-refractivity contribution is 5.86. The summed E-state index contributed by atoms with van der Waals surface area (Å²) in [7, 11) is 1.80. The van der Waals surface area contributed by atoms with Crippen LogP contribution in [-0.2, 0) is 7.05 Å². The third kappa shape index (κ3) is 2.04. The summed E-state index contributed by atoms with van der Waals surface area (Å²) in [6, 6.07) is 2.07. The number of hydrogen-bond donors (Lipinski definition) is 0. The number of aryl methyl sites for hydroxylation is 1. The summed E-state index contributed by atoms with van der Waals surface area (Å²) >= 11 is 0. The Morgan fingerprint density at radius 2 is 1.68 bits per heavy atom. The monoisotopic (exact) mass is 345 g/mol. The molecular weight excluding hydrogens is 332 g/mol. The van der Waals surface area contributed by atoms with Gasteiger partial charge in [-0.2, -0.15) is 5.10 Å². The highest BCUT2D eigenvalue weighted by atomic mass is 19.1. The molecule has 2 aliphatic rings. The van der Waals surface area contributed by atoms with E-state index in [9.17, 15) is 8.78 Å². The van der Waals surface area contributed by atoms with Gasteiger partial charge in [0.25, 0.3) is 0 Å². The molecule has 2 aromatic heterocycles. The zero-order chi connectivity index (χ0) is 17.1. The van der Waals surface area contributed by atoms with E-state index in [4.69, 9.17) is 9.47 Å². The first kappa shape index (κ1) is 14.4. The third-order valence-corrected chi connectivity index (χ3v) is 4.58. The summed E-state index contributed by atoms with van der Waals surface area (Å²) in [6.45, 7) is 0.891. The predicted octanol–water partition coefficient (Wildman–Crippen LogP) is 1.67. The molecule has 2 atom stereocenters. The van der Waals surface area contributed by atoms with Gasteiger partial charge in [-0.3, -0.25) is 4.68 Å². The van der Waals surface area contributed by atoms with Crippen LogP contribution in [0.15, 0.2) is 24.7 Å². The van der Waals surface area contributed by atoms with Gasteiger partial charge >= 0.3 is 0 Å². The molecule has 2 aliphatic heterocycles. The minimum Gasteiger partial charge on any atom is -0.478 e. The molecule has 0 unspecified atom stereocenters. The van der Waals surface area contributed by atoms with Gasteiger partial charge < -0.3 is 14.4 Å². The summed E-state index contributed by atoms with van der Waals surface area (Å²) in [5, 5.41) is 5.00. The Hall–Kier alpha value is -2.97. The Kier molecular flexibility index (Phi) is 2.88. The first-order valence-electron chi connectivity index (χ1n) is 7.81. The normalized spacial score (nSPS) is 21.6. The highest BCUT2D eigenvalue weighted by Gasteiger charge is 2.43. The number of benzene rings is 1. The van der Waals surface area contributed by atoms with Crippen LogP contribution in [0.1, 0.15) is 0 Å². The van der Waals surface area contributed by atoms with Gasteiger partial charge in [-0.1, -0.05) is 0 Å². The molecule has 4 heterocycles. The SMILES string of the molecule is Cn1ncc2c(N3C[C@@H]4Oc5c(F)ccc(F)c5O[C@@H]4C3)ncnc21. The fourth-order valence-electron chi connectivity index (χ4n) is 3.38. The molecule has 128 valence electrons. The van der Waals surface area contributed by atoms with Gasteiger partial charge in [0.2, 0.25) is 11.5 Å². The molecule has 1 saturated heterocycles. The van der Waals surface area contributed by atoms with E-state index in [1.54, 1.807) is 17.9 Å². The van der Waals surface area contributed by atoms with Gasteiger partial charge in [0.15, 0.2) is 29.5 Å². The van der Waals surface area contributed by atoms with Gasteiger partial charge in [-0.25, -0.2) is 18.7 Å². The van der Waals surface area contributed by atoms with Crippen molar-refractivity contribution in [1.82, 2.24) is 19.7 Å². The van der Waals surface area contributed by atoms with Crippen molar-refractivity contribution in [3.8, 4) is 11.5 Å². The van der Waals surface area contributed by atoms with Crippen molar-refractivity contribution in [2.45, 2.75) is 12.2 Å². The molecule has 0 bridgehead atoms. The first-order chi connectivity index (χ1) is 12.1. The average molecular weight is 345 g/mol. The average Bonchev–Trinajstić information content (AvgIpc) is 3.20. The van der Waals surface area contributed by atoms with Crippen LogP contribution in [0.3, 0.4) is 0 Å². The van der Waals surface area contributed by atoms with Gasteiger partial charge in [-0.15, -0.1) is 0 Å². The maximum atomic E-state index is 13.9. The first-order valence-corrected chi connectivity index (χ1v) is 7.81. The number of aromatic nitrogens is 4. The van der Waals surface area contributed by atoms with Crippen LogP contribution in [0.5, 0.6) is 11.5 Å². The van der Waals surface area contributed by atoms with E-state index < -0.39 is 23.8 Å². The molecule has 1 fully saturated rings. The number of nitrogens with zero attached hydrogens (tertiary/aromatic N) is 5. The maximum Gasteiger partial charge on any atom is 0.200 e. The van der Waals surface area contributed by atoms with E-state index in [0.717, 1.165) is 17.5 Å². The number of anilines is 1. The summed E-state index contributed by atoms with van der Waals surface area (Å²) in [4.78, 5) is 10.5. The Morgan fingerprint density at radius 3 is 2.32 bits per heavy atom. The number of hydrogen-bond acceptors (Lipinski definition) is 6. The van der Waals surface area contributed by atoms with Crippen molar-refractivity contribution < 1.29 is 18.3 Å². The largest absolute Gasteiger partial charge is 0.478 e. The van der Waals surface area contributed by atoms with Gasteiger partial charge in [0.1, 0.15) is 12.1 Å². The standard InChI is InChI=1S/C16H13F2N5O2/c1-22-15-8(4-21-22)16(20-7-19-15)23-5-11-12(6-23)25-14-10(18)3-2-9(17)13(14)24-11/h2-4,7,11-12H,5-6H2,1H3/t11-,12+. The molecule has 25 heavy (non-hydrogen) atoms. The van der Waals surface area contributed by atoms with E-state index in [1.807, 2.05) is 4.90 Å². The number of ether oxygens (including phenoxy) is 2. The van der Waals surface area contributed by atoms with Gasteiger partial charge in [0, 0.05) is 7.05 Å². The Bertz CT molecular complexity index is 953. The lowest BCUT2D eigenvalue weighted by Gasteiger charge is -2.28. The maximum absolute atomic E-state index is 13.9. The molecule has 7 nitrogen and oxygen atoms in total. The molecule has 3 aromatic rings. The predicted molar refractivity (Wildman–Crippen MR) is 83.7 cm³/mol. The molecule has 0 aliphatic carbocycles. The van der Waals surface area contributed by atoms with Crippen molar-refractivity contribution >= 4 is 16.9 Å². The summed E-state index contributed by atoms with van der Waals surface area (Å²) in [5.41, 5.74) is 0.710. The smallest absolute Gasteiger partial charge is 0.200 e. The van der Waals surface area contributed by atoms with Crippen LogP contribution in [-0.4, -0.2) is 45.0 Å². The van der Waals surface area contributed by atoms with E-state index in [2.05, 4.69) is 15.1 Å². The molecule has 0 radical (unpaired) electrons. The van der Waals surface area contributed by atoms with Crippen LogP contribution in [0.2, 0.25) is 0 Å². The lowest BCUT2D eigenvalue weighted by Crippen LogP contribution is -2.39. The minimum absolute atomic E-state index is 0.169. The van der Waals surface area contributed by atoms with Crippen molar-refractivity contribution in [2.24, 2.45) is 7.05 Å². The van der Waals surface area contributed by atoms with Crippen molar-refractivity contribution in [3.63, 3.8) is 0 Å². The molecule has 0 amide bonds. The molecule has 9 heteroatoms. The molecular formula is C16H13F2N5O2.